The first-order valence-electron chi connectivity index (χ1n) is 4.12. The van der Waals surface area contributed by atoms with Gasteiger partial charge in [0.1, 0.15) is 5.69 Å². The van der Waals surface area contributed by atoms with Crippen LogP contribution in [0.1, 0.15) is 16.2 Å². The van der Waals surface area contributed by atoms with Gasteiger partial charge < -0.3 is 10.5 Å². The van der Waals surface area contributed by atoms with Crippen LogP contribution in [-0.2, 0) is 11.2 Å². The Balaban J connectivity index is 3.00. The largest absolute Gasteiger partial charge is 0.464 e. The molecule has 1 aromatic rings. The number of halogens is 1. The summed E-state index contributed by atoms with van der Waals surface area (Å²) >= 11 is 3.29. The van der Waals surface area contributed by atoms with E-state index >= 15 is 0 Å². The Morgan fingerprint density at radius 2 is 2.36 bits per heavy atom. The van der Waals surface area contributed by atoms with Crippen LogP contribution in [0.3, 0.4) is 0 Å². The number of ether oxygens (including phenoxy) is 1. The van der Waals surface area contributed by atoms with Gasteiger partial charge in [0, 0.05) is 16.6 Å². The maximum Gasteiger partial charge on any atom is 0.356 e. The molecule has 0 radical (unpaired) electrons. The molecule has 0 unspecified atom stereocenters. The maximum atomic E-state index is 11.2. The van der Waals surface area contributed by atoms with E-state index in [0.29, 0.717) is 18.7 Å². The topological polar surface area (TPSA) is 65.2 Å². The molecule has 0 atom stereocenters. The summed E-state index contributed by atoms with van der Waals surface area (Å²) in [6.45, 7) is 0.504. The number of nitrogens with zero attached hydrogens (tertiary/aromatic N) is 1. The molecule has 0 saturated heterocycles. The van der Waals surface area contributed by atoms with E-state index in [0.717, 1.165) is 10.2 Å². The number of hydrogen-bond acceptors (Lipinski definition) is 4. The lowest BCUT2D eigenvalue weighted by atomic mass is 10.2. The van der Waals surface area contributed by atoms with Crippen LogP contribution in [0.5, 0.6) is 0 Å². The summed E-state index contributed by atoms with van der Waals surface area (Å²) in [4.78, 5) is 15.3. The molecule has 5 heteroatoms. The third kappa shape index (κ3) is 2.78. The molecule has 0 aliphatic carbocycles. The summed E-state index contributed by atoms with van der Waals surface area (Å²) in [6, 6.07) is 3.45. The van der Waals surface area contributed by atoms with Crippen molar-refractivity contribution in [3.05, 3.63) is 28.0 Å². The van der Waals surface area contributed by atoms with Crippen LogP contribution in [0, 0.1) is 0 Å². The summed E-state index contributed by atoms with van der Waals surface area (Å²) in [5.41, 5.74) is 6.47. The fourth-order valence-electron chi connectivity index (χ4n) is 1.04. The predicted molar refractivity (Wildman–Crippen MR) is 56.0 cm³/mol. The lowest BCUT2D eigenvalue weighted by Crippen LogP contribution is -2.09. The van der Waals surface area contributed by atoms with E-state index in [1.165, 1.54) is 7.11 Å². The normalized spacial score (nSPS) is 9.93. The van der Waals surface area contributed by atoms with Crippen LogP contribution < -0.4 is 5.73 Å². The number of rotatable bonds is 3. The highest BCUT2D eigenvalue weighted by Crippen LogP contribution is 2.13. The molecule has 0 amide bonds. The molecule has 0 aliphatic heterocycles. The van der Waals surface area contributed by atoms with Crippen molar-refractivity contribution in [2.75, 3.05) is 13.7 Å². The number of methoxy groups -OCH3 is 1. The molecule has 0 bridgehead atoms. The Bertz CT molecular complexity index is 342. The third-order valence-electron chi connectivity index (χ3n) is 1.64. The Morgan fingerprint density at radius 3 is 2.93 bits per heavy atom. The zero-order chi connectivity index (χ0) is 10.6. The second-order valence-electron chi connectivity index (χ2n) is 2.69. The van der Waals surface area contributed by atoms with Crippen molar-refractivity contribution in [1.82, 2.24) is 4.98 Å². The zero-order valence-corrected chi connectivity index (χ0v) is 9.37. The second-order valence-corrected chi connectivity index (χ2v) is 3.61. The number of carbonyl (C=O) groups is 1. The molecular weight excluding hydrogens is 248 g/mol. The minimum atomic E-state index is -0.440. The van der Waals surface area contributed by atoms with E-state index in [1.54, 1.807) is 6.07 Å². The third-order valence-corrected chi connectivity index (χ3v) is 2.10. The number of hydrogen-bond donors (Lipinski definition) is 1. The first-order valence-corrected chi connectivity index (χ1v) is 4.91. The number of carbonyl (C=O) groups excluding carboxylic acids is 1. The summed E-state index contributed by atoms with van der Waals surface area (Å²) < 4.78 is 5.37. The summed E-state index contributed by atoms with van der Waals surface area (Å²) in [7, 11) is 1.33. The van der Waals surface area contributed by atoms with Crippen molar-refractivity contribution in [3.63, 3.8) is 0 Å². The molecular formula is C9H11BrN2O2. The molecule has 14 heavy (non-hydrogen) atoms. The van der Waals surface area contributed by atoms with E-state index in [4.69, 9.17) is 5.73 Å². The van der Waals surface area contributed by atoms with Crippen molar-refractivity contribution in [2.45, 2.75) is 6.42 Å². The van der Waals surface area contributed by atoms with Gasteiger partial charge in [0.25, 0.3) is 0 Å². The van der Waals surface area contributed by atoms with E-state index in [2.05, 4.69) is 25.7 Å². The van der Waals surface area contributed by atoms with Crippen molar-refractivity contribution >= 4 is 21.9 Å². The van der Waals surface area contributed by atoms with E-state index in [9.17, 15) is 4.79 Å². The van der Waals surface area contributed by atoms with Crippen LogP contribution in [-0.4, -0.2) is 24.6 Å². The van der Waals surface area contributed by atoms with Crippen LogP contribution in [0.15, 0.2) is 16.6 Å². The van der Waals surface area contributed by atoms with Crippen molar-refractivity contribution in [2.24, 2.45) is 5.73 Å². The van der Waals surface area contributed by atoms with Gasteiger partial charge in [0.05, 0.1) is 7.11 Å². The van der Waals surface area contributed by atoms with Gasteiger partial charge in [-0.25, -0.2) is 9.78 Å². The fourth-order valence-corrected chi connectivity index (χ4v) is 1.52. The predicted octanol–water partition coefficient (Wildman–Crippen LogP) is 1.13. The quantitative estimate of drug-likeness (QED) is 0.826. The average Bonchev–Trinajstić information content (AvgIpc) is 2.16. The molecule has 1 rings (SSSR count). The minimum Gasteiger partial charge on any atom is -0.464 e. The van der Waals surface area contributed by atoms with Crippen molar-refractivity contribution in [3.8, 4) is 0 Å². The van der Waals surface area contributed by atoms with E-state index < -0.39 is 5.97 Å². The van der Waals surface area contributed by atoms with Crippen LogP contribution >= 0.6 is 15.9 Å². The van der Waals surface area contributed by atoms with Gasteiger partial charge in [0.2, 0.25) is 0 Å². The van der Waals surface area contributed by atoms with E-state index in [-0.39, 0.29) is 0 Å². The number of nitrogens with two attached hydrogens (primary N) is 1. The molecule has 0 saturated carbocycles. The van der Waals surface area contributed by atoms with Crippen molar-refractivity contribution < 1.29 is 9.53 Å². The molecule has 1 aromatic heterocycles. The summed E-state index contributed by atoms with van der Waals surface area (Å²) in [5.74, 6) is -0.440. The molecule has 76 valence electrons. The lowest BCUT2D eigenvalue weighted by Gasteiger charge is -2.03. The molecule has 0 aliphatic rings. The fraction of sp³-hybridized carbons (Fsp3) is 0.333. The first kappa shape index (κ1) is 11.1. The number of aromatic nitrogens is 1. The Labute approximate surface area is 90.6 Å². The molecule has 0 aromatic carbocycles. The SMILES string of the molecule is COC(=O)c1cc(Br)cc(CCN)n1. The molecule has 1 heterocycles. The van der Waals surface area contributed by atoms with Crippen LogP contribution in [0.25, 0.3) is 0 Å². The highest BCUT2D eigenvalue weighted by atomic mass is 79.9. The highest BCUT2D eigenvalue weighted by molar-refractivity contribution is 9.10. The van der Waals surface area contributed by atoms with Gasteiger partial charge in [-0.3, -0.25) is 0 Å². The Morgan fingerprint density at radius 1 is 1.64 bits per heavy atom. The maximum absolute atomic E-state index is 11.2. The van der Waals surface area contributed by atoms with Gasteiger partial charge in [-0.1, -0.05) is 15.9 Å². The van der Waals surface area contributed by atoms with Gasteiger partial charge in [-0.2, -0.15) is 0 Å². The Hall–Kier alpha value is -0.940. The van der Waals surface area contributed by atoms with E-state index in [1.807, 2.05) is 6.07 Å². The molecule has 4 nitrogen and oxygen atoms in total. The Kier molecular flexibility index (Phi) is 4.03. The first-order chi connectivity index (χ1) is 6.67. The van der Waals surface area contributed by atoms with Gasteiger partial charge in [-0.15, -0.1) is 0 Å². The van der Waals surface area contributed by atoms with Crippen molar-refractivity contribution in [1.29, 1.82) is 0 Å². The molecule has 0 spiro atoms. The second kappa shape index (κ2) is 5.07. The number of esters is 1. The van der Waals surface area contributed by atoms with Gasteiger partial charge in [-0.05, 0) is 18.7 Å². The minimum absolute atomic E-state index is 0.297. The molecule has 0 fully saturated rings. The molecule has 2 N–H and O–H groups in total. The van der Waals surface area contributed by atoms with Gasteiger partial charge >= 0.3 is 5.97 Å². The highest BCUT2D eigenvalue weighted by Gasteiger charge is 2.09. The van der Waals surface area contributed by atoms with Crippen LogP contribution in [0.4, 0.5) is 0 Å². The monoisotopic (exact) mass is 258 g/mol. The summed E-state index contributed by atoms with van der Waals surface area (Å²) in [5, 5.41) is 0. The zero-order valence-electron chi connectivity index (χ0n) is 7.79. The van der Waals surface area contributed by atoms with Crippen LogP contribution in [0.2, 0.25) is 0 Å². The lowest BCUT2D eigenvalue weighted by molar-refractivity contribution is 0.0593. The average molecular weight is 259 g/mol. The van der Waals surface area contributed by atoms with Gasteiger partial charge in [0.15, 0.2) is 0 Å². The number of pyridine rings is 1. The standard InChI is InChI=1S/C9H11BrN2O2/c1-14-9(13)8-5-6(10)4-7(12-8)2-3-11/h4-5H,2-3,11H2,1H3. The smallest absolute Gasteiger partial charge is 0.356 e. The summed E-state index contributed by atoms with van der Waals surface area (Å²) in [6.07, 6.45) is 0.642.